The van der Waals surface area contributed by atoms with Crippen molar-refractivity contribution in [3.8, 4) is 18.1 Å². The van der Waals surface area contributed by atoms with Crippen molar-refractivity contribution in [3.05, 3.63) is 41.7 Å². The molecule has 0 heterocycles. The molecule has 0 atom stereocenters. The summed E-state index contributed by atoms with van der Waals surface area (Å²) in [5.74, 6) is 2.64. The lowest BCUT2D eigenvalue weighted by Gasteiger charge is -2.07. The summed E-state index contributed by atoms with van der Waals surface area (Å²) in [6, 6.07) is 8.32. The zero-order valence-corrected chi connectivity index (χ0v) is 9.37. The Balaban J connectivity index is 2.50. The third kappa shape index (κ3) is 2.22. The number of hydrogen-bond donors (Lipinski definition) is 0. The molecule has 3 heteroatoms. The molecule has 0 N–H and O–H groups in total. The number of ether oxygens (including phenoxy) is 2. The molecule has 0 bridgehead atoms. The maximum Gasteiger partial charge on any atom is 0.188 e. The van der Waals surface area contributed by atoms with E-state index in [0.717, 1.165) is 5.39 Å². The lowest BCUT2D eigenvalue weighted by atomic mass is 10.0. The average molecular weight is 230 g/mol. The minimum atomic E-state index is -0.384. The van der Waals surface area contributed by atoms with Crippen molar-refractivity contribution in [1.82, 2.24) is 0 Å². The molecule has 17 heavy (non-hydrogen) atoms. The molecule has 86 valence electrons. The van der Waals surface area contributed by atoms with E-state index in [2.05, 4.69) is 5.92 Å². The van der Waals surface area contributed by atoms with Gasteiger partial charge in [0.25, 0.3) is 0 Å². The van der Waals surface area contributed by atoms with Gasteiger partial charge in [0, 0.05) is 12.5 Å². The van der Waals surface area contributed by atoms with Crippen LogP contribution in [0.5, 0.6) is 5.75 Å². The van der Waals surface area contributed by atoms with E-state index in [9.17, 15) is 4.39 Å². The molecule has 0 saturated heterocycles. The Kier molecular flexibility index (Phi) is 3.27. The average Bonchev–Trinajstić information content (AvgIpc) is 2.36. The minimum absolute atomic E-state index is 0.175. The molecule has 0 radical (unpaired) electrons. The van der Waals surface area contributed by atoms with Crippen LogP contribution < -0.4 is 4.74 Å². The molecular weight excluding hydrogens is 219 g/mol. The summed E-state index contributed by atoms with van der Waals surface area (Å²) in [4.78, 5) is 0. The van der Waals surface area contributed by atoms with Crippen LogP contribution in [0.25, 0.3) is 10.8 Å². The first kappa shape index (κ1) is 11.4. The van der Waals surface area contributed by atoms with Crippen molar-refractivity contribution >= 4 is 10.8 Å². The Morgan fingerprint density at radius 3 is 2.82 bits per heavy atom. The van der Waals surface area contributed by atoms with Crippen molar-refractivity contribution < 1.29 is 13.9 Å². The van der Waals surface area contributed by atoms with Gasteiger partial charge in [0.1, 0.15) is 11.6 Å². The van der Waals surface area contributed by atoms with E-state index < -0.39 is 0 Å². The Morgan fingerprint density at radius 2 is 2.12 bits per heavy atom. The Hall–Kier alpha value is -2.05. The van der Waals surface area contributed by atoms with Crippen molar-refractivity contribution in [2.75, 3.05) is 13.9 Å². The van der Waals surface area contributed by atoms with Gasteiger partial charge in [-0.05, 0) is 29.7 Å². The molecule has 0 aromatic heterocycles. The molecule has 0 aliphatic rings. The molecule has 0 fully saturated rings. The van der Waals surface area contributed by atoms with Crippen LogP contribution in [0, 0.1) is 18.2 Å². The highest BCUT2D eigenvalue weighted by Gasteiger charge is 2.06. The largest absolute Gasteiger partial charge is 0.468 e. The molecule has 0 aliphatic carbocycles. The second kappa shape index (κ2) is 4.86. The van der Waals surface area contributed by atoms with Crippen LogP contribution in [-0.2, 0) is 4.74 Å². The number of rotatable bonds is 3. The lowest BCUT2D eigenvalue weighted by molar-refractivity contribution is 0.0512. The third-order valence-corrected chi connectivity index (χ3v) is 2.43. The fourth-order valence-corrected chi connectivity index (χ4v) is 1.64. The standard InChI is InChI=1S/C14H11FO2/c1-3-12-13-6-5-11(17-9-16-2)8-10(13)4-7-14(12)15/h1,4-8H,9H2,2H3. The van der Waals surface area contributed by atoms with Gasteiger partial charge in [-0.25, -0.2) is 4.39 Å². The fraction of sp³-hybridized carbons (Fsp3) is 0.143. The van der Waals surface area contributed by atoms with Crippen LogP contribution in [-0.4, -0.2) is 13.9 Å². The number of benzene rings is 2. The SMILES string of the molecule is C#Cc1c(F)ccc2cc(OCOC)ccc12. The minimum Gasteiger partial charge on any atom is -0.468 e. The second-order valence-corrected chi connectivity index (χ2v) is 3.50. The fourth-order valence-electron chi connectivity index (χ4n) is 1.64. The second-order valence-electron chi connectivity index (χ2n) is 3.50. The maximum absolute atomic E-state index is 13.4. The molecule has 0 saturated carbocycles. The van der Waals surface area contributed by atoms with E-state index in [1.165, 1.54) is 6.07 Å². The van der Waals surface area contributed by atoms with E-state index in [4.69, 9.17) is 15.9 Å². The van der Waals surface area contributed by atoms with Gasteiger partial charge in [-0.2, -0.15) is 0 Å². The molecule has 2 nitrogen and oxygen atoms in total. The summed E-state index contributed by atoms with van der Waals surface area (Å²) in [5, 5.41) is 1.55. The van der Waals surface area contributed by atoms with Crippen LogP contribution in [0.3, 0.4) is 0 Å². The normalized spacial score (nSPS) is 10.2. The topological polar surface area (TPSA) is 18.5 Å². The summed E-state index contributed by atoms with van der Waals surface area (Å²) in [5.41, 5.74) is 0.279. The number of terminal acetylenes is 1. The molecule has 0 unspecified atom stereocenters. The predicted molar refractivity (Wildman–Crippen MR) is 64.3 cm³/mol. The first-order valence-corrected chi connectivity index (χ1v) is 5.07. The quantitative estimate of drug-likeness (QED) is 0.596. The van der Waals surface area contributed by atoms with Crippen LogP contribution in [0.1, 0.15) is 5.56 Å². The van der Waals surface area contributed by atoms with Gasteiger partial charge >= 0.3 is 0 Å². The summed E-state index contributed by atoms with van der Waals surface area (Å²) in [7, 11) is 1.55. The highest BCUT2D eigenvalue weighted by Crippen LogP contribution is 2.25. The Morgan fingerprint density at radius 1 is 1.29 bits per heavy atom. The molecule has 0 aliphatic heterocycles. The van der Waals surface area contributed by atoms with Gasteiger partial charge < -0.3 is 9.47 Å². The van der Waals surface area contributed by atoms with Crippen LogP contribution in [0.15, 0.2) is 30.3 Å². The highest BCUT2D eigenvalue weighted by atomic mass is 19.1. The first-order chi connectivity index (χ1) is 8.26. The zero-order valence-electron chi connectivity index (χ0n) is 9.37. The lowest BCUT2D eigenvalue weighted by Crippen LogP contribution is -1.98. The number of fused-ring (bicyclic) bond motifs is 1. The molecule has 2 rings (SSSR count). The van der Waals surface area contributed by atoms with Gasteiger partial charge in [-0.3, -0.25) is 0 Å². The van der Waals surface area contributed by atoms with Gasteiger partial charge in [-0.1, -0.05) is 12.0 Å². The molecule has 2 aromatic rings. The van der Waals surface area contributed by atoms with E-state index in [1.807, 2.05) is 0 Å². The van der Waals surface area contributed by atoms with Gasteiger partial charge in [-0.15, -0.1) is 6.42 Å². The van der Waals surface area contributed by atoms with Crippen molar-refractivity contribution in [1.29, 1.82) is 0 Å². The summed E-state index contributed by atoms with van der Waals surface area (Å²) in [6.07, 6.45) is 5.29. The molecule has 0 amide bonds. The van der Waals surface area contributed by atoms with Crippen LogP contribution in [0.2, 0.25) is 0 Å². The molecular formula is C14H11FO2. The van der Waals surface area contributed by atoms with Crippen LogP contribution in [0.4, 0.5) is 4.39 Å². The van der Waals surface area contributed by atoms with Crippen LogP contribution >= 0.6 is 0 Å². The smallest absolute Gasteiger partial charge is 0.188 e. The number of halogens is 1. The predicted octanol–water partition coefficient (Wildman–Crippen LogP) is 2.94. The highest BCUT2D eigenvalue weighted by molar-refractivity contribution is 5.89. The summed E-state index contributed by atoms with van der Waals surface area (Å²) in [6.45, 7) is 0.175. The van der Waals surface area contributed by atoms with Gasteiger partial charge in [0.15, 0.2) is 6.79 Å². The number of methoxy groups -OCH3 is 1. The van der Waals surface area contributed by atoms with Crippen molar-refractivity contribution in [2.45, 2.75) is 0 Å². The van der Waals surface area contributed by atoms with E-state index in [1.54, 1.807) is 31.4 Å². The molecule has 0 spiro atoms. The van der Waals surface area contributed by atoms with Gasteiger partial charge in [0.05, 0.1) is 5.56 Å². The van der Waals surface area contributed by atoms with Crippen molar-refractivity contribution in [3.63, 3.8) is 0 Å². The monoisotopic (exact) mass is 230 g/mol. The number of hydrogen-bond acceptors (Lipinski definition) is 2. The molecule has 2 aromatic carbocycles. The van der Waals surface area contributed by atoms with Crippen molar-refractivity contribution in [2.24, 2.45) is 0 Å². The van der Waals surface area contributed by atoms with E-state index in [-0.39, 0.29) is 18.2 Å². The summed E-state index contributed by atoms with van der Waals surface area (Å²) < 4.78 is 23.5. The van der Waals surface area contributed by atoms with Gasteiger partial charge in [0.2, 0.25) is 0 Å². The maximum atomic E-state index is 13.4. The zero-order chi connectivity index (χ0) is 12.3. The first-order valence-electron chi connectivity index (χ1n) is 5.07. The summed E-state index contributed by atoms with van der Waals surface area (Å²) >= 11 is 0. The van der Waals surface area contributed by atoms with E-state index in [0.29, 0.717) is 11.1 Å². The Labute approximate surface area is 99.0 Å². The third-order valence-electron chi connectivity index (χ3n) is 2.43. The van der Waals surface area contributed by atoms with E-state index >= 15 is 0 Å². The Bertz CT molecular complexity index is 585.